The maximum absolute atomic E-state index is 7.52. The van der Waals surface area contributed by atoms with Crippen molar-refractivity contribution in [3.8, 4) is 166 Å². The van der Waals surface area contributed by atoms with Gasteiger partial charge in [0.15, 0.2) is 0 Å². The maximum atomic E-state index is 7.52. The zero-order chi connectivity index (χ0) is 87.9. The summed E-state index contributed by atoms with van der Waals surface area (Å²) in [4.78, 5) is 39.5. The Labute approximate surface area is 745 Å². The van der Waals surface area contributed by atoms with Crippen LogP contribution in [0.15, 0.2) is 290 Å². The Balaban J connectivity index is 0.758. The van der Waals surface area contributed by atoms with Crippen molar-refractivity contribution < 1.29 is 54.5 Å². The fourth-order valence-electron chi connectivity index (χ4n) is 15.1. The van der Waals surface area contributed by atoms with Gasteiger partial charge in [-0.3, -0.25) is 0 Å². The number of ether oxygens (including phenoxy) is 4. The molecule has 0 aliphatic carbocycles. The van der Waals surface area contributed by atoms with E-state index in [0.717, 1.165) is 44.2 Å². The second-order valence-corrected chi connectivity index (χ2v) is 36.9. The molecule has 2 N–H and O–H groups in total. The molecule has 0 atom stereocenters. The van der Waals surface area contributed by atoms with E-state index in [4.69, 9.17) is 66.5 Å². The van der Waals surface area contributed by atoms with Crippen molar-refractivity contribution >= 4 is 43.4 Å². The first kappa shape index (κ1) is 80.9. The Bertz CT molecular complexity index is 7520. The molecule has 0 unspecified atom stereocenters. The molecular formula is C103H82N16O8Zn. The van der Waals surface area contributed by atoms with E-state index in [1.807, 2.05) is 218 Å². The summed E-state index contributed by atoms with van der Waals surface area (Å²) in [6.45, 7) is 26.1. The average Bonchev–Trinajstić information content (AvgIpc) is 1.62. The van der Waals surface area contributed by atoms with Crippen molar-refractivity contribution in [3.05, 3.63) is 300 Å². The topological polar surface area (TPSA) is 302 Å². The molecule has 0 fully saturated rings. The first-order valence-electron chi connectivity index (χ1n) is 41.9. The third-order valence-corrected chi connectivity index (χ3v) is 23.3. The summed E-state index contributed by atoms with van der Waals surface area (Å²) in [6.07, 6.45) is 0. The van der Waals surface area contributed by atoms with Crippen LogP contribution in [-0.2, 0) is 39.5 Å². The van der Waals surface area contributed by atoms with E-state index < -0.39 is 0 Å². The molecule has 0 radical (unpaired) electrons. The minimum atomic E-state index is -0.0547. The van der Waals surface area contributed by atoms with E-state index in [1.165, 1.54) is 22.3 Å². The van der Waals surface area contributed by atoms with Crippen molar-refractivity contribution in [1.29, 1.82) is 0 Å². The number of rotatable bonds is 18. The Hall–Kier alpha value is -15.5. The van der Waals surface area contributed by atoms with Gasteiger partial charge in [-0.2, -0.15) is 0 Å². The molecule has 128 heavy (non-hydrogen) atoms. The molecule has 8 bridgehead atoms. The Morgan fingerprint density at radius 3 is 0.984 bits per heavy atom. The Morgan fingerprint density at radius 1 is 0.289 bits per heavy atom. The van der Waals surface area contributed by atoms with E-state index in [1.54, 1.807) is 0 Å². The second-order valence-electron chi connectivity index (χ2n) is 35.5. The molecule has 11 aromatic carbocycles. The second kappa shape index (κ2) is 32.2. The van der Waals surface area contributed by atoms with Crippen LogP contribution >= 0.6 is 0 Å². The van der Waals surface area contributed by atoms with Gasteiger partial charge in [-0.05, 0) is 80.3 Å². The van der Waals surface area contributed by atoms with Crippen molar-refractivity contribution in [2.24, 2.45) is 0 Å². The first-order chi connectivity index (χ1) is 61.7. The van der Waals surface area contributed by atoms with Gasteiger partial charge in [0.05, 0.1) is 0 Å². The number of aromatic nitrogens is 16. The fourth-order valence-corrected chi connectivity index (χ4v) is 16.0. The number of nitrogens with zero attached hydrogens (tertiary/aromatic N) is 14. The quantitative estimate of drug-likeness (QED) is 0.0595. The van der Waals surface area contributed by atoms with Gasteiger partial charge in [0.25, 0.3) is 0 Å². The fraction of sp³-hybridized carbons (Fsp3) is 0.155. The third kappa shape index (κ3) is 16.4. The molecule has 2 aliphatic heterocycles. The predicted molar refractivity (Wildman–Crippen MR) is 488 cm³/mol. The molecule has 25 heteroatoms. The van der Waals surface area contributed by atoms with Crippen LogP contribution in [-0.4, -0.2) is 85.0 Å². The Morgan fingerprint density at radius 2 is 0.602 bits per heavy atom. The molecule has 2 aliphatic rings. The van der Waals surface area contributed by atoms with Crippen LogP contribution in [0.3, 0.4) is 0 Å². The van der Waals surface area contributed by atoms with Crippen molar-refractivity contribution in [1.82, 2.24) is 80.7 Å². The number of hydrogen-bond acceptors (Lipinski definition) is 22. The van der Waals surface area contributed by atoms with Crippen LogP contribution in [0.1, 0.15) is 111 Å². The molecule has 0 spiro atoms. The van der Waals surface area contributed by atoms with Gasteiger partial charge in [0.1, 0.15) is 0 Å². The molecule has 624 valence electrons. The SMILES string of the molecule is CC(C)(C)c1ccc(-c2nnc(-c3ccc(O[C](=[Zn])/C(Oc4ccc(-c5nnc(-c6ccc(C(C)(C)C)cc6)o5)cc4)=C(/Oc4ccc(-c5nnc(-c6ccc(C(C)(C)C)cc6)o5)cc4)c4cc5nc6nc(nc7[nH]c(nc8nc(nc4[nH]5)-c4c(Oc5ccc(-c9nnc(-c%10ccc(C(C)(C)C)cc%10)o9)cc5)cccc4-8)c4ccccc74)-c4ccccc4-6)cc3)o2)cc1. The van der Waals surface area contributed by atoms with Gasteiger partial charge in [0.2, 0.25) is 11.8 Å². The number of hydrogen-bond donors (Lipinski definition) is 2. The summed E-state index contributed by atoms with van der Waals surface area (Å²) < 4.78 is 54.9. The van der Waals surface area contributed by atoms with Crippen LogP contribution in [0.5, 0.6) is 28.7 Å². The summed E-state index contributed by atoms with van der Waals surface area (Å²) in [7, 11) is 0. The number of fused-ring (bicyclic) bond motifs is 17. The van der Waals surface area contributed by atoms with E-state index in [2.05, 4.69) is 182 Å². The molecule has 9 heterocycles. The van der Waals surface area contributed by atoms with E-state index in [9.17, 15) is 0 Å². The van der Waals surface area contributed by atoms with Crippen LogP contribution in [0.25, 0.3) is 176 Å². The number of benzene rings is 11. The molecule has 0 saturated heterocycles. The molecular weight excluding hydrogens is 1650 g/mol. The number of H-pyrrole nitrogens is 2. The number of nitrogens with one attached hydrogen (secondary N) is 2. The molecule has 0 amide bonds. The van der Waals surface area contributed by atoms with Crippen LogP contribution in [0, 0.1) is 0 Å². The zero-order valence-corrected chi connectivity index (χ0v) is 75.1. The van der Waals surface area contributed by atoms with Gasteiger partial charge in [-0.1, -0.05) is 144 Å². The summed E-state index contributed by atoms with van der Waals surface area (Å²) >= 11 is 0.338. The zero-order valence-electron chi connectivity index (χ0n) is 72.1. The Kier molecular flexibility index (Phi) is 20.4. The normalized spacial score (nSPS) is 12.4. The van der Waals surface area contributed by atoms with E-state index in [0.29, 0.717) is 171 Å². The van der Waals surface area contributed by atoms with Crippen LogP contribution in [0.2, 0.25) is 0 Å². The molecule has 24 nitrogen and oxygen atoms in total. The van der Waals surface area contributed by atoms with Gasteiger partial charge in [-0.25, -0.2) is 0 Å². The van der Waals surface area contributed by atoms with E-state index in [-0.39, 0.29) is 44.6 Å². The molecule has 18 aromatic rings. The number of aromatic amines is 2. The van der Waals surface area contributed by atoms with Crippen LogP contribution in [0.4, 0.5) is 0 Å². The summed E-state index contributed by atoms with van der Waals surface area (Å²) in [5, 5.41) is 37.5. The van der Waals surface area contributed by atoms with Crippen molar-refractivity contribution in [2.75, 3.05) is 0 Å². The van der Waals surface area contributed by atoms with Crippen molar-refractivity contribution in [3.63, 3.8) is 0 Å². The molecule has 0 saturated carbocycles. The van der Waals surface area contributed by atoms with Crippen molar-refractivity contribution in [2.45, 2.75) is 105 Å². The monoisotopic (exact) mass is 1730 g/mol. The molecule has 7 aromatic heterocycles. The minimum absolute atomic E-state index is 0.0243. The summed E-state index contributed by atoms with van der Waals surface area (Å²) in [6, 6.07) is 85.5. The summed E-state index contributed by atoms with van der Waals surface area (Å²) in [5.74, 6) is 6.38. The van der Waals surface area contributed by atoms with Gasteiger partial charge in [0, 0.05) is 16.5 Å². The van der Waals surface area contributed by atoms with Gasteiger partial charge in [-0.15, -0.1) is 10.2 Å². The summed E-state index contributed by atoms with van der Waals surface area (Å²) in [5.41, 5.74) is 14.8. The van der Waals surface area contributed by atoms with Gasteiger partial charge >= 0.3 is 483 Å². The van der Waals surface area contributed by atoms with E-state index >= 15 is 0 Å². The van der Waals surface area contributed by atoms with Crippen LogP contribution < -0.4 is 18.9 Å². The average molecular weight is 1740 g/mol. The standard InChI is InChI=1S/C103H82N16O8.Zn/c1-100(2,3)66-40-24-58(25-41-66)92-112-116-96(124-92)62-32-48-70(49-33-62)120-57-81(122-72-52-36-64(37-53-72)98-118-114-94(126-98)60-28-44-68(45-29-60)102(7,8)9)84(123-73-54-38-65(39-55-73)99-119-115-95(127-99)61-30-46-69(47-31-61)103(10,11)12)79-56-82-104-85-74-18-13-14-19-75(74)86(106-85)107-87-76-20-15-16-21-77(76)88(108-87)109-89-78-22-17-23-80(83(78)91(110-89)111-90(79)105-82)121-71-50-34-63(35-51-71)97-117-113-93(125-97)59-26-42-67(43-27-59)101(4,5)6;/h13-56H,1-12H3,(H2,104,105,106,107,108,109,110,111);/b84-81-;. The molecule has 20 rings (SSSR count). The predicted octanol–water partition coefficient (Wildman–Crippen LogP) is 24.1. The van der Waals surface area contributed by atoms with Gasteiger partial charge < -0.3 is 4.42 Å². The first-order valence-corrected chi connectivity index (χ1v) is 43.4. The third-order valence-electron chi connectivity index (χ3n) is 22.4.